The number of aliphatic imine (C=N–C) groups is 1. The smallest absolute Gasteiger partial charge is 0.350 e. The molecule has 0 aliphatic rings. The van der Waals surface area contributed by atoms with Crippen LogP contribution in [-0.2, 0) is 24.0 Å². The van der Waals surface area contributed by atoms with Crippen molar-refractivity contribution in [2.24, 2.45) is 4.99 Å². The molecule has 15 nitrogen and oxygen atoms in total. The number of fused-ring (bicyclic) bond motifs is 1. The number of unbranched alkanes of at least 4 members (excludes halogenated alkanes) is 13. The van der Waals surface area contributed by atoms with Crippen molar-refractivity contribution < 1.29 is 43.7 Å². The number of carboxylic acid groups (broad SMARTS) is 2. The van der Waals surface area contributed by atoms with Gasteiger partial charge in [0.05, 0.1) is 17.7 Å². The third kappa shape index (κ3) is 30.3. The number of nitrogens with one attached hydrogen (secondary N) is 3. The van der Waals surface area contributed by atoms with E-state index >= 15 is 0 Å². The number of allylic oxidation sites excluding steroid dienone is 2. The Morgan fingerprint density at radius 2 is 1.36 bits per heavy atom. The molecular weight excluding hydrogens is 837 g/mol. The number of benzene rings is 1. The topological polar surface area (TPSA) is 217 Å². The largest absolute Gasteiger partial charge is 0.491 e. The Kier molecular flexibility index (Phi) is 35.7. The number of carbonyl (C=O) groups excluding carboxylic acids is 4. The molecule has 1 aromatic carbocycles. The average Bonchev–Trinajstić information content (AvgIpc) is 3.66. The van der Waals surface area contributed by atoms with Crippen LogP contribution in [-0.4, -0.2) is 94.3 Å². The molecule has 2 rings (SSSR count). The van der Waals surface area contributed by atoms with Gasteiger partial charge in [0.2, 0.25) is 17.7 Å². The van der Waals surface area contributed by atoms with Gasteiger partial charge in [-0.25, -0.2) is 19.6 Å². The van der Waals surface area contributed by atoms with Crippen LogP contribution in [0.5, 0.6) is 5.75 Å². The third-order valence-corrected chi connectivity index (χ3v) is 10.7. The molecular formula is C48H80N6O9S. The number of hydrogen-bond acceptors (Lipinski definition) is 9. The van der Waals surface area contributed by atoms with Gasteiger partial charge < -0.3 is 35.8 Å². The molecule has 2 aromatic rings. The standard InChI is InChI=1S/C24H37N3O3S.C23H39N3O6.CH4/c1-4-6-7-9-15-22(29)27(16-5-2)17-10-8-11-18-30-20-13-12-14-21-23(20)26-24(31-21)25-19(3)28;1-2-3-13-16-24-23(32)25-17-14-11-9-7-5-4-6-8-10-12-15-20(27)26-19(22(30)31)18-21(28)29;/h12-14H,4-11,15-18H2,1-3H3,(H,25,26,28);5,7H,2-4,6,8-18H2,1H3,(H,28,29)(H,30,31)(H2,24,25,32);1H4/b;7-5-,26-19?;. The number of anilines is 1. The lowest BCUT2D eigenvalue weighted by molar-refractivity contribution is -0.137. The number of hydrogen-bond donors (Lipinski definition) is 5. The minimum atomic E-state index is -1.48. The van der Waals surface area contributed by atoms with Crippen LogP contribution < -0.4 is 20.7 Å². The summed E-state index contributed by atoms with van der Waals surface area (Å²) in [5.41, 5.74) is 0.160. The molecule has 0 unspecified atom stereocenters. The van der Waals surface area contributed by atoms with Crippen molar-refractivity contribution in [2.75, 3.05) is 38.1 Å². The van der Waals surface area contributed by atoms with Gasteiger partial charge in [-0.15, -0.1) is 0 Å². The molecule has 0 aliphatic carbocycles. The van der Waals surface area contributed by atoms with E-state index in [4.69, 9.17) is 14.9 Å². The minimum absolute atomic E-state index is 0. The maximum Gasteiger partial charge on any atom is 0.350 e. The van der Waals surface area contributed by atoms with Crippen molar-refractivity contribution in [3.63, 3.8) is 0 Å². The maximum absolute atomic E-state index is 12.5. The van der Waals surface area contributed by atoms with Gasteiger partial charge in [0.25, 0.3) is 0 Å². The first-order chi connectivity index (χ1) is 30.4. The molecule has 0 saturated carbocycles. The molecule has 0 bridgehead atoms. The number of aliphatic carboxylic acids is 2. The Morgan fingerprint density at radius 3 is 2.00 bits per heavy atom. The highest BCUT2D eigenvalue weighted by molar-refractivity contribution is 7.22. The number of rotatable bonds is 34. The Morgan fingerprint density at radius 1 is 0.750 bits per heavy atom. The molecule has 0 atom stereocenters. The van der Waals surface area contributed by atoms with E-state index in [1.807, 2.05) is 23.1 Å². The normalized spacial score (nSPS) is 11.0. The van der Waals surface area contributed by atoms with Gasteiger partial charge in [-0.3, -0.25) is 19.2 Å². The summed E-state index contributed by atoms with van der Waals surface area (Å²) >= 11 is 1.45. The molecule has 5 amide bonds. The highest BCUT2D eigenvalue weighted by Gasteiger charge is 2.16. The van der Waals surface area contributed by atoms with Crippen molar-refractivity contribution >= 4 is 68.1 Å². The maximum atomic E-state index is 12.5. The lowest BCUT2D eigenvalue weighted by Gasteiger charge is -2.22. The fourth-order valence-corrected chi connectivity index (χ4v) is 7.30. The number of nitrogens with zero attached hydrogens (tertiary/aromatic N) is 3. The molecule has 16 heteroatoms. The van der Waals surface area contributed by atoms with Gasteiger partial charge in [0, 0.05) is 45.9 Å². The fraction of sp³-hybridized carbons (Fsp3) is 0.667. The highest BCUT2D eigenvalue weighted by Crippen LogP contribution is 2.32. The second kappa shape index (κ2) is 38.6. The van der Waals surface area contributed by atoms with E-state index in [-0.39, 0.29) is 25.8 Å². The zero-order valence-electron chi connectivity index (χ0n) is 38.5. The predicted molar refractivity (Wildman–Crippen MR) is 260 cm³/mol. The van der Waals surface area contributed by atoms with Gasteiger partial charge in [-0.2, -0.15) is 0 Å². The van der Waals surface area contributed by atoms with E-state index in [1.165, 1.54) is 31.1 Å². The van der Waals surface area contributed by atoms with Crippen LogP contribution in [0, 0.1) is 0 Å². The molecule has 362 valence electrons. The number of amides is 5. The average molecular weight is 917 g/mol. The first-order valence-electron chi connectivity index (χ1n) is 23.2. The number of carbonyl (C=O) groups is 6. The summed E-state index contributed by atoms with van der Waals surface area (Å²) in [6.45, 7) is 11.6. The number of ether oxygens (including phenoxy) is 1. The van der Waals surface area contributed by atoms with Gasteiger partial charge in [0.15, 0.2) is 5.13 Å². The second-order valence-corrected chi connectivity index (χ2v) is 16.6. The van der Waals surface area contributed by atoms with Gasteiger partial charge in [-0.05, 0) is 89.2 Å². The number of thiazole rings is 1. The predicted octanol–water partition coefficient (Wildman–Crippen LogP) is 10.7. The van der Waals surface area contributed by atoms with E-state index in [0.29, 0.717) is 37.0 Å². The molecule has 1 aromatic heterocycles. The van der Waals surface area contributed by atoms with Crippen LogP contribution >= 0.6 is 11.3 Å². The summed E-state index contributed by atoms with van der Waals surface area (Å²) in [7, 11) is 0. The molecule has 0 aliphatic heterocycles. The second-order valence-electron chi connectivity index (χ2n) is 15.5. The van der Waals surface area contributed by atoms with Crippen molar-refractivity contribution in [1.29, 1.82) is 0 Å². The van der Waals surface area contributed by atoms with E-state index in [9.17, 15) is 28.8 Å². The third-order valence-electron chi connectivity index (χ3n) is 9.74. The summed E-state index contributed by atoms with van der Waals surface area (Å²) in [4.78, 5) is 78.2. The Bertz CT molecular complexity index is 1700. The monoisotopic (exact) mass is 917 g/mol. The van der Waals surface area contributed by atoms with Crippen LogP contribution in [0.3, 0.4) is 0 Å². The van der Waals surface area contributed by atoms with Crippen molar-refractivity contribution in [1.82, 2.24) is 20.5 Å². The van der Waals surface area contributed by atoms with Crippen molar-refractivity contribution in [2.45, 2.75) is 176 Å². The molecule has 0 radical (unpaired) electrons. The Balaban J connectivity index is 0.00000122. The van der Waals surface area contributed by atoms with Crippen LogP contribution in [0.1, 0.15) is 176 Å². The van der Waals surface area contributed by atoms with Crippen LogP contribution in [0.4, 0.5) is 9.93 Å². The zero-order chi connectivity index (χ0) is 46.5. The van der Waals surface area contributed by atoms with Crippen LogP contribution in [0.2, 0.25) is 0 Å². The number of urea groups is 1. The Labute approximate surface area is 386 Å². The fourth-order valence-electron chi connectivity index (χ4n) is 6.37. The van der Waals surface area contributed by atoms with E-state index in [1.54, 1.807) is 0 Å². The molecule has 0 fully saturated rings. The summed E-state index contributed by atoms with van der Waals surface area (Å²) in [6, 6.07) is 5.75. The highest BCUT2D eigenvalue weighted by atomic mass is 32.1. The van der Waals surface area contributed by atoms with Crippen LogP contribution in [0.15, 0.2) is 35.3 Å². The lowest BCUT2D eigenvalue weighted by atomic mass is 10.1. The van der Waals surface area contributed by atoms with E-state index < -0.39 is 30.0 Å². The van der Waals surface area contributed by atoms with E-state index in [0.717, 1.165) is 138 Å². The molecule has 0 saturated heterocycles. The molecule has 1 heterocycles. The minimum Gasteiger partial charge on any atom is -0.491 e. The van der Waals surface area contributed by atoms with Gasteiger partial charge in [0.1, 0.15) is 17.0 Å². The van der Waals surface area contributed by atoms with Gasteiger partial charge >= 0.3 is 18.0 Å². The molecule has 5 N–H and O–H groups in total. The quantitative estimate of drug-likeness (QED) is 0.0254. The number of aromatic nitrogens is 1. The summed E-state index contributed by atoms with van der Waals surface area (Å²) in [6.07, 6.45) is 23.5. The van der Waals surface area contributed by atoms with Crippen LogP contribution in [0.25, 0.3) is 10.2 Å². The van der Waals surface area contributed by atoms with Gasteiger partial charge in [-0.1, -0.05) is 103 Å². The van der Waals surface area contributed by atoms with Crippen molar-refractivity contribution in [3.8, 4) is 5.75 Å². The number of para-hydroxylation sites is 1. The molecule has 64 heavy (non-hydrogen) atoms. The summed E-state index contributed by atoms with van der Waals surface area (Å²) < 4.78 is 6.96. The summed E-state index contributed by atoms with van der Waals surface area (Å²) in [5.74, 6) is -2.47. The van der Waals surface area contributed by atoms with E-state index in [2.05, 4.69) is 58.9 Å². The first-order valence-corrected chi connectivity index (χ1v) is 24.0. The SMILES string of the molecule is C.CCCCCCC(=O)N(CCC)CCCCCOc1cccc2sc(NC(C)=O)nc12.CCCCCNC(=O)NCCCC/C=C\CCCCCCC(=O)N=C(CC(=O)O)C(=O)O. The first kappa shape index (κ1) is 59.1. The molecule has 0 spiro atoms. The lowest BCUT2D eigenvalue weighted by Crippen LogP contribution is -2.36. The Hall–Kier alpha value is -4.86. The zero-order valence-corrected chi connectivity index (χ0v) is 39.3. The van der Waals surface area contributed by atoms with Crippen molar-refractivity contribution in [3.05, 3.63) is 30.4 Å². The summed E-state index contributed by atoms with van der Waals surface area (Å²) in [5, 5.41) is 26.5. The number of carboxylic acids is 2.